The third kappa shape index (κ3) is 1.96. The molecule has 0 saturated carbocycles. The summed E-state index contributed by atoms with van der Waals surface area (Å²) in [6, 6.07) is 13.2. The van der Waals surface area contributed by atoms with E-state index in [1.807, 2.05) is 0 Å². The number of hydrogen-bond donors (Lipinski definition) is 0. The molecule has 2 rings (SSSR count). The van der Waals surface area contributed by atoms with Crippen molar-refractivity contribution < 1.29 is 0 Å². The molecule has 0 spiro atoms. The minimum Gasteiger partial charge on any atom is -0.344 e. The van der Waals surface area contributed by atoms with Gasteiger partial charge >= 0.3 is 0 Å². The van der Waals surface area contributed by atoms with Gasteiger partial charge in [0.1, 0.15) is 0 Å². The van der Waals surface area contributed by atoms with E-state index in [9.17, 15) is 0 Å². The van der Waals surface area contributed by atoms with Gasteiger partial charge in [-0.15, -0.1) is 0 Å². The Labute approximate surface area is 91.4 Å². The predicted octanol–water partition coefficient (Wildman–Crippen LogP) is 3.71. The lowest BCUT2D eigenvalue weighted by molar-refractivity contribution is 0.625. The van der Waals surface area contributed by atoms with E-state index in [0.29, 0.717) is 6.04 Å². The van der Waals surface area contributed by atoms with Crippen molar-refractivity contribution in [3.8, 4) is 0 Å². The van der Waals surface area contributed by atoms with Crippen LogP contribution in [0.3, 0.4) is 0 Å². The summed E-state index contributed by atoms with van der Waals surface area (Å²) in [4.78, 5) is 0. The maximum absolute atomic E-state index is 2.32. The summed E-state index contributed by atoms with van der Waals surface area (Å²) in [5, 5.41) is 0. The Morgan fingerprint density at radius 3 is 2.27 bits per heavy atom. The van der Waals surface area contributed by atoms with Crippen LogP contribution in [0.15, 0.2) is 42.6 Å². The Morgan fingerprint density at radius 2 is 1.73 bits per heavy atom. The highest BCUT2D eigenvalue weighted by Gasteiger charge is 2.08. The molecule has 0 saturated heterocycles. The Morgan fingerprint density at radius 1 is 1.07 bits per heavy atom. The zero-order chi connectivity index (χ0) is 10.8. The van der Waals surface area contributed by atoms with E-state index < -0.39 is 0 Å². The first-order valence-electron chi connectivity index (χ1n) is 5.38. The highest BCUT2D eigenvalue weighted by Crippen LogP contribution is 2.20. The van der Waals surface area contributed by atoms with E-state index in [2.05, 4.69) is 67.9 Å². The van der Waals surface area contributed by atoms with Gasteiger partial charge in [0.25, 0.3) is 0 Å². The van der Waals surface area contributed by atoms with E-state index in [-0.39, 0.29) is 0 Å². The topological polar surface area (TPSA) is 4.93 Å². The molecular weight excluding hydrogens is 182 g/mol. The normalized spacial score (nSPS) is 12.7. The predicted molar refractivity (Wildman–Crippen MR) is 64.2 cm³/mol. The number of aromatic nitrogens is 1. The Bertz CT molecular complexity index is 440. The Hall–Kier alpha value is -1.50. The van der Waals surface area contributed by atoms with E-state index in [4.69, 9.17) is 0 Å². The van der Waals surface area contributed by atoms with Crippen LogP contribution in [0.2, 0.25) is 0 Å². The first kappa shape index (κ1) is 10.0. The van der Waals surface area contributed by atoms with Crippen LogP contribution < -0.4 is 0 Å². The summed E-state index contributed by atoms with van der Waals surface area (Å²) in [6.07, 6.45) is 2.22. The van der Waals surface area contributed by atoms with Gasteiger partial charge in [0.05, 0.1) is 6.04 Å². The van der Waals surface area contributed by atoms with E-state index in [1.165, 1.54) is 16.8 Å². The van der Waals surface area contributed by atoms with Crippen molar-refractivity contribution in [3.63, 3.8) is 0 Å². The fourth-order valence-corrected chi connectivity index (χ4v) is 2.07. The molecule has 0 N–H and O–H groups in total. The molecule has 15 heavy (non-hydrogen) atoms. The monoisotopic (exact) mass is 199 g/mol. The van der Waals surface area contributed by atoms with Gasteiger partial charge in [0.2, 0.25) is 0 Å². The Balaban J connectivity index is 2.36. The first-order valence-corrected chi connectivity index (χ1v) is 5.38. The van der Waals surface area contributed by atoms with Gasteiger partial charge in [-0.25, -0.2) is 0 Å². The number of nitrogens with zero attached hydrogens (tertiary/aromatic N) is 1. The smallest absolute Gasteiger partial charge is 0.0554 e. The molecule has 1 aromatic heterocycles. The first-order chi connectivity index (χ1) is 7.18. The molecule has 1 nitrogen and oxygen atoms in total. The SMILES string of the molecule is Cc1cc(C)n([C@H](C)c2ccccc2)c1. The average Bonchev–Trinajstić information content (AvgIpc) is 2.58. The van der Waals surface area contributed by atoms with Crippen LogP contribution in [-0.4, -0.2) is 4.57 Å². The summed E-state index contributed by atoms with van der Waals surface area (Å²) < 4.78 is 2.32. The molecule has 1 heterocycles. The summed E-state index contributed by atoms with van der Waals surface area (Å²) in [5.74, 6) is 0. The van der Waals surface area contributed by atoms with Crippen molar-refractivity contribution in [2.45, 2.75) is 26.8 Å². The average molecular weight is 199 g/mol. The van der Waals surface area contributed by atoms with Gasteiger partial charge in [-0.3, -0.25) is 0 Å². The van der Waals surface area contributed by atoms with E-state index in [1.54, 1.807) is 0 Å². The standard InChI is InChI=1S/C14H17N/c1-11-9-12(2)15(10-11)13(3)14-7-5-4-6-8-14/h4-10,13H,1-3H3/t13-/m1/s1. The van der Waals surface area contributed by atoms with Crippen LogP contribution in [0, 0.1) is 13.8 Å². The van der Waals surface area contributed by atoms with E-state index >= 15 is 0 Å². The second-order valence-corrected chi connectivity index (χ2v) is 4.15. The van der Waals surface area contributed by atoms with Gasteiger partial charge < -0.3 is 4.57 Å². The molecule has 1 heteroatoms. The van der Waals surface area contributed by atoms with Crippen molar-refractivity contribution in [2.75, 3.05) is 0 Å². The lowest BCUT2D eigenvalue weighted by atomic mass is 10.1. The molecular formula is C14H17N. The zero-order valence-electron chi connectivity index (χ0n) is 9.57. The molecule has 78 valence electrons. The number of benzene rings is 1. The van der Waals surface area contributed by atoms with Crippen LogP contribution in [0.1, 0.15) is 29.8 Å². The van der Waals surface area contributed by atoms with Crippen molar-refractivity contribution in [2.24, 2.45) is 0 Å². The van der Waals surface area contributed by atoms with Gasteiger partial charge in [0, 0.05) is 11.9 Å². The van der Waals surface area contributed by atoms with Gasteiger partial charge in [-0.1, -0.05) is 30.3 Å². The fourth-order valence-electron chi connectivity index (χ4n) is 2.07. The summed E-state index contributed by atoms with van der Waals surface area (Å²) in [6.45, 7) is 6.54. The molecule has 0 bridgehead atoms. The second-order valence-electron chi connectivity index (χ2n) is 4.15. The minimum atomic E-state index is 0.417. The number of rotatable bonds is 2. The molecule has 2 aromatic rings. The molecule has 0 fully saturated rings. The Kier molecular flexibility index (Phi) is 2.63. The maximum Gasteiger partial charge on any atom is 0.0554 e. The maximum atomic E-state index is 2.32. The summed E-state index contributed by atoms with van der Waals surface area (Å²) >= 11 is 0. The number of aryl methyl sites for hydroxylation is 2. The molecule has 0 aliphatic rings. The molecule has 0 unspecified atom stereocenters. The van der Waals surface area contributed by atoms with Gasteiger partial charge in [-0.05, 0) is 38.0 Å². The van der Waals surface area contributed by atoms with Gasteiger partial charge in [-0.2, -0.15) is 0 Å². The molecule has 1 aromatic carbocycles. The third-order valence-corrected chi connectivity index (χ3v) is 2.89. The largest absolute Gasteiger partial charge is 0.344 e. The van der Waals surface area contributed by atoms with Crippen LogP contribution in [0.5, 0.6) is 0 Å². The second kappa shape index (κ2) is 3.93. The highest BCUT2D eigenvalue weighted by molar-refractivity contribution is 5.24. The lowest BCUT2D eigenvalue weighted by Crippen LogP contribution is -2.06. The summed E-state index contributed by atoms with van der Waals surface area (Å²) in [5.41, 5.74) is 4.01. The van der Waals surface area contributed by atoms with Gasteiger partial charge in [0.15, 0.2) is 0 Å². The molecule has 0 aliphatic carbocycles. The molecule has 0 radical (unpaired) electrons. The summed E-state index contributed by atoms with van der Waals surface area (Å²) in [7, 11) is 0. The third-order valence-electron chi connectivity index (χ3n) is 2.89. The van der Waals surface area contributed by atoms with Crippen LogP contribution in [-0.2, 0) is 0 Å². The van der Waals surface area contributed by atoms with Crippen LogP contribution in [0.25, 0.3) is 0 Å². The van der Waals surface area contributed by atoms with Crippen molar-refractivity contribution in [3.05, 3.63) is 59.4 Å². The van der Waals surface area contributed by atoms with Crippen LogP contribution in [0.4, 0.5) is 0 Å². The van der Waals surface area contributed by atoms with Crippen molar-refractivity contribution >= 4 is 0 Å². The van der Waals surface area contributed by atoms with Crippen molar-refractivity contribution in [1.82, 2.24) is 4.57 Å². The molecule has 0 aliphatic heterocycles. The van der Waals surface area contributed by atoms with E-state index in [0.717, 1.165) is 0 Å². The zero-order valence-corrected chi connectivity index (χ0v) is 9.57. The quantitative estimate of drug-likeness (QED) is 0.694. The van der Waals surface area contributed by atoms with Crippen LogP contribution >= 0.6 is 0 Å². The fraction of sp³-hybridized carbons (Fsp3) is 0.286. The van der Waals surface area contributed by atoms with Crippen molar-refractivity contribution in [1.29, 1.82) is 0 Å². The molecule has 1 atom stereocenters. The number of hydrogen-bond acceptors (Lipinski definition) is 0. The minimum absolute atomic E-state index is 0.417. The highest BCUT2D eigenvalue weighted by atomic mass is 15.0. The molecule has 0 amide bonds. The lowest BCUT2D eigenvalue weighted by Gasteiger charge is -2.16.